The summed E-state index contributed by atoms with van der Waals surface area (Å²) in [6, 6.07) is 0.519. The van der Waals surface area contributed by atoms with E-state index in [-0.39, 0.29) is 0 Å². The van der Waals surface area contributed by atoms with Crippen LogP contribution in [0.25, 0.3) is 0 Å². The Hall–Kier alpha value is -0.570. The van der Waals surface area contributed by atoms with Crippen LogP contribution in [0.1, 0.15) is 59.3 Å². The molecule has 3 heteroatoms. The average Bonchev–Trinajstić information content (AvgIpc) is 2.99. The monoisotopic (exact) mass is 290 g/mol. The van der Waals surface area contributed by atoms with Crippen LogP contribution in [0.4, 0.5) is 0 Å². The van der Waals surface area contributed by atoms with Crippen molar-refractivity contribution in [3.05, 3.63) is 0 Å². The molecule has 4 aliphatic rings. The molecule has 4 fully saturated rings. The Labute approximate surface area is 128 Å². The fourth-order valence-corrected chi connectivity index (χ4v) is 6.09. The molecule has 0 aromatic carbocycles. The van der Waals surface area contributed by atoms with Crippen molar-refractivity contribution in [3.8, 4) is 0 Å². The van der Waals surface area contributed by atoms with Gasteiger partial charge in [-0.15, -0.1) is 0 Å². The first-order valence-corrected chi connectivity index (χ1v) is 8.84. The second kappa shape index (κ2) is 4.24. The third kappa shape index (κ3) is 2.23. The second-order valence-electron chi connectivity index (χ2n) is 9.55. The summed E-state index contributed by atoms with van der Waals surface area (Å²) < 4.78 is 0. The van der Waals surface area contributed by atoms with Gasteiger partial charge in [-0.25, -0.2) is 0 Å². The fraction of sp³-hybridized carbons (Fsp3) is 0.944. The topological polar surface area (TPSA) is 32.3 Å². The minimum atomic E-state index is 0.352. The standard InChI is InChI=1S/C18H30N2O/c1-16(2)8-13-9-17(3,11-16)12-20(13)15(21)14-10-18(14)4-6-19-7-5-18/h13-14,19H,4-12H2,1-3H3. The zero-order chi connectivity index (χ0) is 14.9. The number of carbonyl (C=O) groups excluding carboxylic acids is 1. The summed E-state index contributed by atoms with van der Waals surface area (Å²) in [5.74, 6) is 0.856. The zero-order valence-corrected chi connectivity index (χ0v) is 13.9. The van der Waals surface area contributed by atoms with Gasteiger partial charge in [-0.3, -0.25) is 4.79 Å². The minimum Gasteiger partial charge on any atom is -0.339 e. The first-order valence-electron chi connectivity index (χ1n) is 8.84. The number of carbonyl (C=O) groups is 1. The van der Waals surface area contributed by atoms with Crippen molar-refractivity contribution in [1.29, 1.82) is 0 Å². The molecule has 2 saturated heterocycles. The molecule has 3 nitrogen and oxygen atoms in total. The molecule has 0 aromatic rings. The van der Waals surface area contributed by atoms with E-state index in [0.29, 0.717) is 34.1 Å². The van der Waals surface area contributed by atoms with Gasteiger partial charge in [-0.1, -0.05) is 20.8 Å². The molecule has 2 aliphatic heterocycles. The summed E-state index contributed by atoms with van der Waals surface area (Å²) in [6.07, 6.45) is 7.31. The molecule has 2 aliphatic carbocycles. The summed E-state index contributed by atoms with van der Waals surface area (Å²) in [4.78, 5) is 15.4. The van der Waals surface area contributed by atoms with Gasteiger partial charge in [-0.05, 0) is 67.9 Å². The van der Waals surface area contributed by atoms with Crippen LogP contribution < -0.4 is 5.32 Å². The van der Waals surface area contributed by atoms with Crippen molar-refractivity contribution in [2.45, 2.75) is 65.3 Å². The fourth-order valence-electron chi connectivity index (χ4n) is 6.09. The number of likely N-dealkylation sites (tertiary alicyclic amines) is 1. The molecular formula is C18H30N2O. The van der Waals surface area contributed by atoms with Crippen LogP contribution >= 0.6 is 0 Å². The van der Waals surface area contributed by atoms with Gasteiger partial charge in [0.15, 0.2) is 0 Å². The molecule has 2 bridgehead atoms. The van der Waals surface area contributed by atoms with Crippen molar-refractivity contribution >= 4 is 5.91 Å². The third-order valence-electron chi connectivity index (χ3n) is 6.79. The molecule has 3 atom stereocenters. The van der Waals surface area contributed by atoms with E-state index in [4.69, 9.17) is 0 Å². The molecule has 2 heterocycles. The molecule has 1 N–H and O–H groups in total. The minimum absolute atomic E-state index is 0.352. The zero-order valence-electron chi connectivity index (χ0n) is 13.9. The number of fused-ring (bicyclic) bond motifs is 2. The predicted octanol–water partition coefficient (Wildman–Crippen LogP) is 2.80. The number of rotatable bonds is 1. The maximum atomic E-state index is 13.1. The van der Waals surface area contributed by atoms with Crippen LogP contribution in [0.5, 0.6) is 0 Å². The van der Waals surface area contributed by atoms with Crippen LogP contribution in [0.15, 0.2) is 0 Å². The van der Waals surface area contributed by atoms with E-state index in [0.717, 1.165) is 26.1 Å². The summed E-state index contributed by atoms with van der Waals surface area (Å²) in [7, 11) is 0. The Morgan fingerprint density at radius 2 is 1.81 bits per heavy atom. The Bertz CT molecular complexity index is 466. The average molecular weight is 290 g/mol. The highest BCUT2D eigenvalue weighted by molar-refractivity contribution is 5.83. The van der Waals surface area contributed by atoms with Crippen LogP contribution in [0.2, 0.25) is 0 Å². The molecule has 0 radical (unpaired) electrons. The van der Waals surface area contributed by atoms with Gasteiger partial charge in [0, 0.05) is 18.5 Å². The molecular weight excluding hydrogens is 260 g/mol. The van der Waals surface area contributed by atoms with Gasteiger partial charge in [0.05, 0.1) is 0 Å². The molecule has 3 unspecified atom stereocenters. The Balaban J connectivity index is 1.49. The van der Waals surface area contributed by atoms with E-state index in [9.17, 15) is 4.79 Å². The molecule has 21 heavy (non-hydrogen) atoms. The Morgan fingerprint density at radius 1 is 1.10 bits per heavy atom. The van der Waals surface area contributed by atoms with Crippen molar-refractivity contribution in [1.82, 2.24) is 10.2 Å². The van der Waals surface area contributed by atoms with Crippen molar-refractivity contribution in [2.24, 2.45) is 22.2 Å². The normalized spacial score (nSPS) is 43.1. The maximum absolute atomic E-state index is 13.1. The van der Waals surface area contributed by atoms with E-state index in [2.05, 4.69) is 31.0 Å². The SMILES string of the molecule is CC1(C)CC2CC(C)(CN2C(=O)C2CC23CCNCC3)C1. The number of amides is 1. The van der Waals surface area contributed by atoms with E-state index in [1.165, 1.54) is 32.1 Å². The molecule has 118 valence electrons. The molecule has 0 aromatic heterocycles. The lowest BCUT2D eigenvalue weighted by Crippen LogP contribution is -2.40. The first-order chi connectivity index (χ1) is 9.83. The molecule has 2 saturated carbocycles. The number of nitrogens with zero attached hydrogens (tertiary/aromatic N) is 1. The highest BCUT2D eigenvalue weighted by Crippen LogP contribution is 2.61. The molecule has 4 rings (SSSR count). The lowest BCUT2D eigenvalue weighted by Gasteiger charge is -2.39. The van der Waals surface area contributed by atoms with Crippen LogP contribution in [-0.4, -0.2) is 36.5 Å². The van der Waals surface area contributed by atoms with Gasteiger partial charge in [-0.2, -0.15) is 0 Å². The van der Waals surface area contributed by atoms with E-state index in [1.54, 1.807) is 0 Å². The summed E-state index contributed by atoms with van der Waals surface area (Å²) in [5, 5.41) is 3.44. The number of hydrogen-bond acceptors (Lipinski definition) is 2. The van der Waals surface area contributed by atoms with Gasteiger partial charge < -0.3 is 10.2 Å². The molecule has 1 amide bonds. The number of nitrogens with one attached hydrogen (secondary N) is 1. The van der Waals surface area contributed by atoms with Crippen molar-refractivity contribution in [3.63, 3.8) is 0 Å². The van der Waals surface area contributed by atoms with Gasteiger partial charge in [0.1, 0.15) is 0 Å². The van der Waals surface area contributed by atoms with E-state index >= 15 is 0 Å². The Kier molecular flexibility index (Phi) is 2.84. The smallest absolute Gasteiger partial charge is 0.226 e. The summed E-state index contributed by atoms with van der Waals surface area (Å²) in [5.41, 5.74) is 1.16. The van der Waals surface area contributed by atoms with Crippen LogP contribution in [0, 0.1) is 22.2 Å². The highest BCUT2D eigenvalue weighted by atomic mass is 16.2. The summed E-state index contributed by atoms with van der Waals surface area (Å²) in [6.45, 7) is 10.4. The maximum Gasteiger partial charge on any atom is 0.226 e. The first kappa shape index (κ1) is 14.0. The summed E-state index contributed by atoms with van der Waals surface area (Å²) >= 11 is 0. The van der Waals surface area contributed by atoms with Crippen molar-refractivity contribution < 1.29 is 4.79 Å². The lowest BCUT2D eigenvalue weighted by atomic mass is 9.65. The highest BCUT2D eigenvalue weighted by Gasteiger charge is 2.61. The van der Waals surface area contributed by atoms with Gasteiger partial charge in [0.2, 0.25) is 5.91 Å². The lowest BCUT2D eigenvalue weighted by molar-refractivity contribution is -0.134. The van der Waals surface area contributed by atoms with Crippen molar-refractivity contribution in [2.75, 3.05) is 19.6 Å². The predicted molar refractivity (Wildman–Crippen MR) is 83.9 cm³/mol. The van der Waals surface area contributed by atoms with E-state index < -0.39 is 0 Å². The van der Waals surface area contributed by atoms with Crippen LogP contribution in [-0.2, 0) is 4.79 Å². The third-order valence-corrected chi connectivity index (χ3v) is 6.79. The van der Waals surface area contributed by atoms with Gasteiger partial charge in [0.25, 0.3) is 0 Å². The largest absolute Gasteiger partial charge is 0.339 e. The van der Waals surface area contributed by atoms with Crippen LogP contribution in [0.3, 0.4) is 0 Å². The van der Waals surface area contributed by atoms with Gasteiger partial charge >= 0.3 is 0 Å². The quantitative estimate of drug-likeness (QED) is 0.805. The Morgan fingerprint density at radius 3 is 2.52 bits per heavy atom. The second-order valence-corrected chi connectivity index (χ2v) is 9.55. The molecule has 1 spiro atoms. The number of piperidine rings is 1. The van der Waals surface area contributed by atoms with E-state index in [1.807, 2.05) is 0 Å². The number of hydrogen-bond donors (Lipinski definition) is 1.